The van der Waals surface area contributed by atoms with Gasteiger partial charge in [-0.05, 0) is 24.3 Å². The Balaban J connectivity index is 1.49. The number of carbonyl (C=O) groups is 2. The molecule has 5 rings (SSSR count). The molecule has 2 amide bonds. The quantitative estimate of drug-likeness (QED) is 0.484. The summed E-state index contributed by atoms with van der Waals surface area (Å²) >= 11 is 0. The number of hydrogen-bond acceptors (Lipinski definition) is 3. The highest BCUT2D eigenvalue weighted by atomic mass is 16.2. The molecule has 2 aromatic rings. The van der Waals surface area contributed by atoms with Gasteiger partial charge < -0.3 is 4.57 Å². The van der Waals surface area contributed by atoms with Crippen LogP contribution in [0.4, 0.5) is 0 Å². The van der Waals surface area contributed by atoms with Gasteiger partial charge in [-0.15, -0.1) is 0 Å². The fraction of sp³-hybridized carbons (Fsp3) is 0.316. The Hall–Kier alpha value is -2.69. The molecule has 0 N–H and O–H groups in total. The first-order valence-electron chi connectivity index (χ1n) is 8.29. The van der Waals surface area contributed by atoms with Crippen LogP contribution in [0.15, 0.2) is 47.7 Å². The Kier molecular flexibility index (Phi) is 2.66. The zero-order chi connectivity index (χ0) is 16.4. The first-order valence-corrected chi connectivity index (χ1v) is 8.29. The maximum atomic E-state index is 12.6. The second-order valence-electron chi connectivity index (χ2n) is 6.95. The highest BCUT2D eigenvalue weighted by Crippen LogP contribution is 2.52. The Morgan fingerprint density at radius 3 is 2.46 bits per heavy atom. The molecule has 2 aliphatic carbocycles. The van der Waals surface area contributed by atoms with Crippen LogP contribution >= 0.6 is 0 Å². The van der Waals surface area contributed by atoms with Gasteiger partial charge in [0, 0.05) is 29.7 Å². The molecule has 0 unspecified atom stereocenters. The van der Waals surface area contributed by atoms with Crippen LogP contribution in [-0.4, -0.2) is 27.6 Å². The molecule has 2 fully saturated rings. The molecule has 1 aromatic carbocycles. The molecule has 4 atom stereocenters. The van der Waals surface area contributed by atoms with Crippen LogP contribution in [0.3, 0.4) is 0 Å². The van der Waals surface area contributed by atoms with Crippen molar-refractivity contribution in [1.29, 1.82) is 0 Å². The molecule has 1 aromatic heterocycles. The lowest BCUT2D eigenvalue weighted by molar-refractivity contribution is -0.140. The number of amides is 2. The average molecular weight is 319 g/mol. The van der Waals surface area contributed by atoms with Crippen molar-refractivity contribution in [3.8, 4) is 0 Å². The molecule has 3 aliphatic rings. The molecular weight excluding hydrogens is 302 g/mol. The van der Waals surface area contributed by atoms with E-state index in [1.807, 2.05) is 42.1 Å². The van der Waals surface area contributed by atoms with Gasteiger partial charge >= 0.3 is 0 Å². The van der Waals surface area contributed by atoms with Gasteiger partial charge in [-0.25, -0.2) is 0 Å². The predicted octanol–water partition coefficient (Wildman–Crippen LogP) is 2.32. The molecule has 120 valence electrons. The van der Waals surface area contributed by atoms with Crippen molar-refractivity contribution in [3.05, 3.63) is 48.2 Å². The number of hydrogen-bond donors (Lipinski definition) is 0. The Morgan fingerprint density at radius 1 is 1.08 bits per heavy atom. The zero-order valence-electron chi connectivity index (χ0n) is 13.3. The summed E-state index contributed by atoms with van der Waals surface area (Å²) in [6.45, 7) is 0. The minimum atomic E-state index is -0.197. The number of aromatic nitrogens is 1. The molecule has 1 aliphatic heterocycles. The lowest BCUT2D eigenvalue weighted by atomic mass is 9.85. The lowest BCUT2D eigenvalue weighted by Gasteiger charge is -2.13. The van der Waals surface area contributed by atoms with E-state index in [9.17, 15) is 9.59 Å². The smallest absolute Gasteiger partial charge is 0.254 e. The van der Waals surface area contributed by atoms with Gasteiger partial charge in [-0.2, -0.15) is 10.1 Å². The van der Waals surface area contributed by atoms with Gasteiger partial charge in [-0.3, -0.25) is 9.59 Å². The van der Waals surface area contributed by atoms with E-state index in [0.717, 1.165) is 27.9 Å². The van der Waals surface area contributed by atoms with Gasteiger partial charge in [0.1, 0.15) is 0 Å². The number of benzene rings is 1. The monoisotopic (exact) mass is 319 g/mol. The second kappa shape index (κ2) is 4.66. The van der Waals surface area contributed by atoms with Gasteiger partial charge in [0.05, 0.1) is 18.1 Å². The lowest BCUT2D eigenvalue weighted by Crippen LogP contribution is -2.28. The van der Waals surface area contributed by atoms with Gasteiger partial charge in [0.25, 0.3) is 11.8 Å². The number of rotatable bonds is 2. The van der Waals surface area contributed by atoms with Crippen LogP contribution in [0.1, 0.15) is 12.0 Å². The van der Waals surface area contributed by atoms with Crippen LogP contribution in [0, 0.1) is 23.7 Å². The summed E-state index contributed by atoms with van der Waals surface area (Å²) in [6.07, 6.45) is 8.72. The van der Waals surface area contributed by atoms with Crippen molar-refractivity contribution in [1.82, 2.24) is 9.58 Å². The summed E-state index contributed by atoms with van der Waals surface area (Å²) in [5.74, 6) is -0.241. The molecule has 0 radical (unpaired) electrons. The highest BCUT2D eigenvalue weighted by molar-refractivity contribution is 6.07. The summed E-state index contributed by atoms with van der Waals surface area (Å²) < 4.78 is 2.02. The van der Waals surface area contributed by atoms with Gasteiger partial charge in [-0.1, -0.05) is 30.4 Å². The zero-order valence-corrected chi connectivity index (χ0v) is 13.3. The highest BCUT2D eigenvalue weighted by Gasteiger charge is 2.59. The Morgan fingerprint density at radius 2 is 1.75 bits per heavy atom. The summed E-state index contributed by atoms with van der Waals surface area (Å²) in [4.78, 5) is 25.3. The standard InChI is InChI=1S/C19H17N3O2/c1-21-10-13(14-4-2-3-5-15(14)21)9-20-22-18(23)16-11-6-7-12(8-11)17(16)19(22)24/h2-7,9-12,16-17H,8H2,1H3/b20-9-/t11-,12-,16+,17+/m0/s1. The van der Waals surface area contributed by atoms with E-state index in [0.29, 0.717) is 0 Å². The third kappa shape index (κ3) is 1.67. The number of hydrazone groups is 1. The van der Waals surface area contributed by atoms with Crippen LogP contribution in [0.2, 0.25) is 0 Å². The minimum absolute atomic E-state index is 0.140. The van der Waals surface area contributed by atoms with Crippen molar-refractivity contribution >= 4 is 28.9 Å². The normalized spacial score (nSPS) is 31.1. The van der Waals surface area contributed by atoms with Crippen molar-refractivity contribution in [2.75, 3.05) is 0 Å². The topological polar surface area (TPSA) is 54.7 Å². The molecule has 5 nitrogen and oxygen atoms in total. The van der Waals surface area contributed by atoms with Crippen LogP contribution < -0.4 is 0 Å². The predicted molar refractivity (Wildman–Crippen MR) is 90.1 cm³/mol. The maximum absolute atomic E-state index is 12.6. The molecule has 2 bridgehead atoms. The second-order valence-corrected chi connectivity index (χ2v) is 6.95. The summed E-state index contributed by atoms with van der Waals surface area (Å²) in [7, 11) is 1.97. The van der Waals surface area contributed by atoms with Crippen molar-refractivity contribution in [2.45, 2.75) is 6.42 Å². The van der Waals surface area contributed by atoms with Crippen molar-refractivity contribution < 1.29 is 9.59 Å². The van der Waals surface area contributed by atoms with Crippen molar-refractivity contribution in [2.24, 2.45) is 35.8 Å². The fourth-order valence-electron chi connectivity index (χ4n) is 4.60. The fourth-order valence-corrected chi connectivity index (χ4v) is 4.60. The molecule has 1 saturated carbocycles. The minimum Gasteiger partial charge on any atom is -0.350 e. The number of aryl methyl sites for hydroxylation is 1. The van der Waals surface area contributed by atoms with Crippen LogP contribution in [0.5, 0.6) is 0 Å². The first-order chi connectivity index (χ1) is 11.6. The van der Waals surface area contributed by atoms with E-state index in [4.69, 9.17) is 0 Å². The summed E-state index contributed by atoms with van der Waals surface area (Å²) in [5, 5.41) is 6.43. The first kappa shape index (κ1) is 13.7. The van der Waals surface area contributed by atoms with Crippen LogP contribution in [-0.2, 0) is 16.6 Å². The van der Waals surface area contributed by atoms with Gasteiger partial charge in [0.15, 0.2) is 0 Å². The largest absolute Gasteiger partial charge is 0.350 e. The number of nitrogens with zero attached hydrogens (tertiary/aromatic N) is 3. The third-order valence-electron chi connectivity index (χ3n) is 5.69. The van der Waals surface area contributed by atoms with Gasteiger partial charge in [0.2, 0.25) is 0 Å². The Bertz CT molecular complexity index is 909. The summed E-state index contributed by atoms with van der Waals surface area (Å²) in [5.41, 5.74) is 2.00. The van der Waals surface area contributed by atoms with Crippen LogP contribution in [0.25, 0.3) is 10.9 Å². The number of fused-ring (bicyclic) bond motifs is 6. The third-order valence-corrected chi connectivity index (χ3v) is 5.69. The van der Waals surface area contributed by atoms with E-state index in [1.54, 1.807) is 6.21 Å². The maximum Gasteiger partial charge on any atom is 0.254 e. The van der Waals surface area contributed by atoms with E-state index in [-0.39, 0.29) is 35.5 Å². The molecular formula is C19H17N3O2. The number of carbonyl (C=O) groups excluding carboxylic acids is 2. The van der Waals surface area contributed by atoms with Crippen molar-refractivity contribution in [3.63, 3.8) is 0 Å². The average Bonchev–Trinajstić information content (AvgIpc) is 3.32. The SMILES string of the molecule is Cn1cc(/C=N\N2C(=O)[C@H]3[C@H](C2=O)[C@H]2C=C[C@H]3C2)c2ccccc21. The summed E-state index contributed by atoms with van der Waals surface area (Å²) in [6, 6.07) is 8.01. The molecule has 24 heavy (non-hydrogen) atoms. The van der Waals surface area contributed by atoms with E-state index in [2.05, 4.69) is 17.3 Å². The van der Waals surface area contributed by atoms with E-state index >= 15 is 0 Å². The number of para-hydroxylation sites is 1. The molecule has 5 heteroatoms. The molecule has 2 heterocycles. The molecule has 1 saturated heterocycles. The number of imide groups is 1. The number of allylic oxidation sites excluding steroid dienone is 2. The van der Waals surface area contributed by atoms with E-state index < -0.39 is 0 Å². The molecule has 0 spiro atoms. The van der Waals surface area contributed by atoms with E-state index in [1.165, 1.54) is 0 Å². The Labute approximate surface area is 139 Å².